The average molecular weight is 450 g/mol. The number of nitrogens with zero attached hydrogens (tertiary/aromatic N) is 1. The molecule has 0 aliphatic carbocycles. The zero-order chi connectivity index (χ0) is 22.7. The van der Waals surface area contributed by atoms with Crippen molar-refractivity contribution in [3.8, 4) is 11.5 Å². The molecule has 2 aromatic carbocycles. The molecular formula is C25H23NO5S. The van der Waals surface area contributed by atoms with E-state index in [4.69, 9.17) is 13.9 Å². The van der Waals surface area contributed by atoms with Gasteiger partial charge in [0.25, 0.3) is 11.8 Å². The van der Waals surface area contributed by atoms with Gasteiger partial charge in [0.1, 0.15) is 17.3 Å². The Labute approximate surface area is 190 Å². The molecule has 32 heavy (non-hydrogen) atoms. The minimum Gasteiger partial charge on any atom is -0.497 e. The number of carbonyl (C=O) groups excluding carboxylic acids is 2. The van der Waals surface area contributed by atoms with Crippen LogP contribution in [-0.4, -0.2) is 25.0 Å². The quantitative estimate of drug-likeness (QED) is 0.435. The molecule has 0 N–H and O–H groups in total. The second-order valence-corrected chi connectivity index (χ2v) is 8.39. The van der Waals surface area contributed by atoms with E-state index in [-0.39, 0.29) is 17.9 Å². The zero-order valence-corrected chi connectivity index (χ0v) is 18.8. The average Bonchev–Trinajstić information content (AvgIpc) is 3.39. The van der Waals surface area contributed by atoms with Gasteiger partial charge in [-0.3, -0.25) is 9.59 Å². The predicted molar refractivity (Wildman–Crippen MR) is 125 cm³/mol. The minimum absolute atomic E-state index is 0.0414. The van der Waals surface area contributed by atoms with Crippen LogP contribution in [0, 0.1) is 0 Å². The molecule has 0 unspecified atom stereocenters. The third-order valence-electron chi connectivity index (χ3n) is 4.83. The molecule has 4 rings (SSSR count). The monoisotopic (exact) mass is 449 g/mol. The van der Waals surface area contributed by atoms with Crippen molar-refractivity contribution in [2.45, 2.75) is 25.7 Å². The Morgan fingerprint density at radius 2 is 1.62 bits per heavy atom. The first-order chi connectivity index (χ1) is 15.5. The molecule has 0 spiro atoms. The first-order valence-electron chi connectivity index (χ1n) is 10.2. The fraction of sp³-hybridized carbons (Fsp3) is 0.200. The number of rotatable bonds is 8. The van der Waals surface area contributed by atoms with Crippen LogP contribution in [0.5, 0.6) is 11.5 Å². The number of hydrogen-bond donors (Lipinski definition) is 0. The summed E-state index contributed by atoms with van der Waals surface area (Å²) in [6.45, 7) is 3.90. The third kappa shape index (κ3) is 4.43. The lowest BCUT2D eigenvalue weighted by molar-refractivity contribution is -0.119. The number of thioether (sulfide) groups is 1. The van der Waals surface area contributed by atoms with Crippen LogP contribution in [0.25, 0.3) is 5.57 Å². The lowest BCUT2D eigenvalue weighted by atomic mass is 10.1. The van der Waals surface area contributed by atoms with E-state index in [0.29, 0.717) is 39.0 Å². The highest BCUT2D eigenvalue weighted by Gasteiger charge is 2.40. The number of furan rings is 1. The van der Waals surface area contributed by atoms with Crippen molar-refractivity contribution in [1.82, 2.24) is 0 Å². The van der Waals surface area contributed by atoms with E-state index in [9.17, 15) is 9.59 Å². The van der Waals surface area contributed by atoms with E-state index < -0.39 is 0 Å². The lowest BCUT2D eigenvalue weighted by Gasteiger charge is -2.15. The number of methoxy groups -OCH3 is 1. The van der Waals surface area contributed by atoms with E-state index in [2.05, 4.69) is 0 Å². The van der Waals surface area contributed by atoms with Crippen molar-refractivity contribution in [1.29, 1.82) is 0 Å². The molecule has 2 amide bonds. The van der Waals surface area contributed by atoms with Crippen LogP contribution < -0.4 is 14.4 Å². The largest absolute Gasteiger partial charge is 0.497 e. The number of benzene rings is 2. The summed E-state index contributed by atoms with van der Waals surface area (Å²) in [5, 5.41) is 0. The van der Waals surface area contributed by atoms with Crippen LogP contribution in [0.2, 0.25) is 0 Å². The second kappa shape index (κ2) is 9.36. The topological polar surface area (TPSA) is 69.0 Å². The van der Waals surface area contributed by atoms with E-state index >= 15 is 0 Å². The smallest absolute Gasteiger partial charge is 0.272 e. The lowest BCUT2D eigenvalue weighted by Crippen LogP contribution is -2.31. The molecule has 0 fully saturated rings. The second-order valence-electron chi connectivity index (χ2n) is 7.41. The van der Waals surface area contributed by atoms with Gasteiger partial charge in [0, 0.05) is 0 Å². The Kier molecular flexibility index (Phi) is 6.37. The minimum atomic E-state index is -0.361. The van der Waals surface area contributed by atoms with Gasteiger partial charge in [-0.1, -0.05) is 12.1 Å². The van der Waals surface area contributed by atoms with Crippen molar-refractivity contribution in [3.05, 3.63) is 83.2 Å². The normalized spacial score (nSPS) is 13.9. The number of ether oxygens (including phenoxy) is 2. The molecule has 164 valence electrons. The Morgan fingerprint density at radius 1 is 0.938 bits per heavy atom. The molecule has 1 aliphatic heterocycles. The molecule has 2 heterocycles. The van der Waals surface area contributed by atoms with E-state index in [1.54, 1.807) is 43.7 Å². The first kappa shape index (κ1) is 21.8. The van der Waals surface area contributed by atoms with E-state index in [1.165, 1.54) is 16.7 Å². The summed E-state index contributed by atoms with van der Waals surface area (Å²) < 4.78 is 16.3. The van der Waals surface area contributed by atoms with Gasteiger partial charge in [-0.05, 0) is 67.9 Å². The third-order valence-corrected chi connectivity index (χ3v) is 5.92. The molecular weight excluding hydrogens is 426 g/mol. The van der Waals surface area contributed by atoms with Gasteiger partial charge in [-0.15, -0.1) is 11.8 Å². The molecule has 0 saturated carbocycles. The van der Waals surface area contributed by atoms with Crippen molar-refractivity contribution in [2.24, 2.45) is 0 Å². The van der Waals surface area contributed by atoms with Crippen LogP contribution in [0.1, 0.15) is 25.2 Å². The van der Waals surface area contributed by atoms with Crippen molar-refractivity contribution < 1.29 is 23.5 Å². The van der Waals surface area contributed by atoms with Crippen LogP contribution >= 0.6 is 11.8 Å². The molecule has 1 aromatic heterocycles. The van der Waals surface area contributed by atoms with Gasteiger partial charge >= 0.3 is 0 Å². The Bertz CT molecular complexity index is 1130. The standard InChI is InChI=1S/C25H23NO5S/c1-16(2)31-20-10-6-17(7-11-20)22-23(32-15-21-5-4-14-30-21)25(28)26(24(22)27)18-8-12-19(29-3)13-9-18/h4-14,16H,15H2,1-3H3. The van der Waals surface area contributed by atoms with Crippen LogP contribution in [0.4, 0.5) is 5.69 Å². The van der Waals surface area contributed by atoms with Gasteiger partial charge in [0.05, 0.1) is 41.4 Å². The molecule has 7 heteroatoms. The molecule has 1 aliphatic rings. The van der Waals surface area contributed by atoms with Crippen molar-refractivity contribution in [2.75, 3.05) is 12.0 Å². The SMILES string of the molecule is COc1ccc(N2C(=O)C(SCc3ccco3)=C(c3ccc(OC(C)C)cc3)C2=O)cc1. The molecule has 0 radical (unpaired) electrons. The summed E-state index contributed by atoms with van der Waals surface area (Å²) in [6, 6.07) is 17.7. The highest BCUT2D eigenvalue weighted by molar-refractivity contribution is 8.03. The molecule has 3 aromatic rings. The highest BCUT2D eigenvalue weighted by atomic mass is 32.2. The predicted octanol–water partition coefficient (Wildman–Crippen LogP) is 5.29. The summed E-state index contributed by atoms with van der Waals surface area (Å²) >= 11 is 1.30. The van der Waals surface area contributed by atoms with Gasteiger partial charge < -0.3 is 13.9 Å². The fourth-order valence-electron chi connectivity index (χ4n) is 3.37. The summed E-state index contributed by atoms with van der Waals surface area (Å²) in [4.78, 5) is 28.4. The first-order valence-corrected chi connectivity index (χ1v) is 11.2. The maximum atomic E-state index is 13.5. The summed E-state index contributed by atoms with van der Waals surface area (Å²) in [5.41, 5.74) is 1.53. The molecule has 0 saturated heterocycles. The van der Waals surface area contributed by atoms with E-state index in [0.717, 1.165) is 5.76 Å². The summed E-state index contributed by atoms with van der Waals surface area (Å²) in [5.74, 6) is 1.81. The Morgan fingerprint density at radius 3 is 2.22 bits per heavy atom. The number of carbonyl (C=O) groups is 2. The number of imide groups is 1. The van der Waals surface area contributed by atoms with Crippen LogP contribution in [0.15, 0.2) is 76.2 Å². The fourth-order valence-corrected chi connectivity index (χ4v) is 4.39. The maximum absolute atomic E-state index is 13.5. The molecule has 0 atom stereocenters. The zero-order valence-electron chi connectivity index (χ0n) is 18.0. The van der Waals surface area contributed by atoms with Crippen molar-refractivity contribution >= 4 is 34.8 Å². The Hall–Kier alpha value is -3.45. The summed E-state index contributed by atoms with van der Waals surface area (Å²) in [6.07, 6.45) is 1.63. The van der Waals surface area contributed by atoms with Gasteiger partial charge in [-0.2, -0.15) is 0 Å². The number of hydrogen-bond acceptors (Lipinski definition) is 6. The van der Waals surface area contributed by atoms with Crippen LogP contribution in [-0.2, 0) is 15.3 Å². The maximum Gasteiger partial charge on any atom is 0.272 e. The number of amides is 2. The van der Waals surface area contributed by atoms with Gasteiger partial charge in [0.15, 0.2) is 0 Å². The van der Waals surface area contributed by atoms with Crippen molar-refractivity contribution in [3.63, 3.8) is 0 Å². The molecule has 6 nitrogen and oxygen atoms in total. The highest BCUT2D eigenvalue weighted by Crippen LogP contribution is 2.40. The molecule has 0 bridgehead atoms. The van der Waals surface area contributed by atoms with Gasteiger partial charge in [-0.25, -0.2) is 4.90 Å². The van der Waals surface area contributed by atoms with Crippen LogP contribution in [0.3, 0.4) is 0 Å². The number of anilines is 1. The summed E-state index contributed by atoms with van der Waals surface area (Å²) in [7, 11) is 1.57. The van der Waals surface area contributed by atoms with Gasteiger partial charge in [0.2, 0.25) is 0 Å². The van der Waals surface area contributed by atoms with E-state index in [1.807, 2.05) is 44.2 Å². The Balaban J connectivity index is 1.69.